The molecule has 0 saturated heterocycles. The molecule has 0 aliphatic heterocycles. The van der Waals surface area contributed by atoms with Gasteiger partial charge in [-0.05, 0) is 37.1 Å². The van der Waals surface area contributed by atoms with Gasteiger partial charge in [-0.15, -0.1) is 11.8 Å². The highest BCUT2D eigenvalue weighted by Gasteiger charge is 2.15. The summed E-state index contributed by atoms with van der Waals surface area (Å²) in [4.78, 5) is 1.24. The summed E-state index contributed by atoms with van der Waals surface area (Å²) in [6.07, 6.45) is 0. The topological polar surface area (TPSA) is 35.2 Å². The number of ether oxygens (including phenoxy) is 1. The van der Waals surface area contributed by atoms with E-state index in [1.54, 1.807) is 18.9 Å². The van der Waals surface area contributed by atoms with E-state index in [4.69, 9.17) is 10.5 Å². The summed E-state index contributed by atoms with van der Waals surface area (Å²) in [5, 5.41) is 0. The number of hydrogen-bond donors (Lipinski definition) is 1. The number of nitrogens with two attached hydrogens (primary N) is 1. The van der Waals surface area contributed by atoms with Crippen LogP contribution in [-0.2, 0) is 0 Å². The van der Waals surface area contributed by atoms with Crippen molar-refractivity contribution in [3.05, 3.63) is 59.2 Å². The van der Waals surface area contributed by atoms with Crippen molar-refractivity contribution in [3.8, 4) is 5.75 Å². The van der Waals surface area contributed by atoms with Crippen LogP contribution in [0, 0.1) is 13.8 Å². The molecule has 0 saturated carbocycles. The lowest BCUT2D eigenvalue weighted by Crippen LogP contribution is -2.15. The molecule has 1 unspecified atom stereocenters. The quantitative estimate of drug-likeness (QED) is 0.841. The highest BCUT2D eigenvalue weighted by molar-refractivity contribution is 7.99. The first-order chi connectivity index (χ1) is 9.63. The van der Waals surface area contributed by atoms with Crippen molar-refractivity contribution >= 4 is 11.8 Å². The molecular weight excluding hydrogens is 266 g/mol. The van der Waals surface area contributed by atoms with Crippen LogP contribution in [0.5, 0.6) is 5.75 Å². The Morgan fingerprint density at radius 3 is 2.45 bits per heavy atom. The molecule has 0 aromatic heterocycles. The Balaban J connectivity index is 2.13. The molecule has 0 bridgehead atoms. The fraction of sp³-hybridized carbons (Fsp3) is 0.294. The highest BCUT2D eigenvalue weighted by atomic mass is 32.2. The highest BCUT2D eigenvalue weighted by Crippen LogP contribution is 2.32. The molecule has 0 amide bonds. The smallest absolute Gasteiger partial charge is 0.126 e. The third kappa shape index (κ3) is 3.35. The molecule has 2 N–H and O–H groups in total. The van der Waals surface area contributed by atoms with Crippen molar-refractivity contribution in [2.24, 2.45) is 5.73 Å². The second-order valence-corrected chi connectivity index (χ2v) is 5.95. The summed E-state index contributed by atoms with van der Waals surface area (Å²) in [5.41, 5.74) is 9.82. The Kier molecular flexibility index (Phi) is 5.10. The predicted molar refractivity (Wildman–Crippen MR) is 86.6 cm³/mol. The van der Waals surface area contributed by atoms with Crippen molar-refractivity contribution < 1.29 is 4.74 Å². The zero-order valence-electron chi connectivity index (χ0n) is 12.2. The van der Waals surface area contributed by atoms with Gasteiger partial charge in [0, 0.05) is 22.3 Å². The van der Waals surface area contributed by atoms with E-state index in [2.05, 4.69) is 38.1 Å². The van der Waals surface area contributed by atoms with Crippen LogP contribution in [0.3, 0.4) is 0 Å². The molecule has 0 aliphatic carbocycles. The first kappa shape index (κ1) is 14.9. The fourth-order valence-electron chi connectivity index (χ4n) is 2.17. The number of methoxy groups -OCH3 is 1. The number of benzene rings is 2. The Bertz CT molecular complexity index is 569. The van der Waals surface area contributed by atoms with Crippen LogP contribution in [-0.4, -0.2) is 12.9 Å². The molecule has 3 heteroatoms. The van der Waals surface area contributed by atoms with Crippen molar-refractivity contribution in [1.82, 2.24) is 0 Å². The summed E-state index contributed by atoms with van der Waals surface area (Å²) in [6, 6.07) is 14.5. The zero-order valence-corrected chi connectivity index (χ0v) is 13.0. The molecule has 2 aromatic rings. The molecule has 0 heterocycles. The zero-order chi connectivity index (χ0) is 14.5. The largest absolute Gasteiger partial charge is 0.496 e. The van der Waals surface area contributed by atoms with E-state index in [0.29, 0.717) is 0 Å². The van der Waals surface area contributed by atoms with E-state index in [9.17, 15) is 0 Å². The summed E-state index contributed by atoms with van der Waals surface area (Å²) >= 11 is 1.77. The Morgan fingerprint density at radius 2 is 1.80 bits per heavy atom. The molecule has 20 heavy (non-hydrogen) atoms. The van der Waals surface area contributed by atoms with E-state index < -0.39 is 0 Å². The summed E-state index contributed by atoms with van der Waals surface area (Å²) in [5.74, 6) is 1.76. The third-order valence-corrected chi connectivity index (χ3v) is 4.61. The molecule has 0 spiro atoms. The third-order valence-electron chi connectivity index (χ3n) is 3.48. The van der Waals surface area contributed by atoms with Crippen LogP contribution in [0.1, 0.15) is 22.7 Å². The van der Waals surface area contributed by atoms with Gasteiger partial charge in [0.15, 0.2) is 0 Å². The molecule has 0 aliphatic rings. The molecule has 0 radical (unpaired) electrons. The number of thioether (sulfide) groups is 1. The SMILES string of the molecule is COc1c(C(N)CSc2ccccc2)ccc(C)c1C. The van der Waals surface area contributed by atoms with E-state index in [-0.39, 0.29) is 6.04 Å². The Labute approximate surface area is 125 Å². The number of rotatable bonds is 5. The van der Waals surface area contributed by atoms with Gasteiger partial charge in [0.25, 0.3) is 0 Å². The van der Waals surface area contributed by atoms with Gasteiger partial charge in [0.05, 0.1) is 7.11 Å². The lowest BCUT2D eigenvalue weighted by molar-refractivity contribution is 0.403. The molecule has 0 fully saturated rings. The van der Waals surface area contributed by atoms with Gasteiger partial charge < -0.3 is 10.5 Å². The van der Waals surface area contributed by atoms with Crippen LogP contribution in [0.15, 0.2) is 47.4 Å². The van der Waals surface area contributed by atoms with E-state index in [0.717, 1.165) is 17.1 Å². The van der Waals surface area contributed by atoms with Gasteiger partial charge in [0.1, 0.15) is 5.75 Å². The lowest BCUT2D eigenvalue weighted by atomic mass is 10.0. The first-order valence-corrected chi connectivity index (χ1v) is 7.69. The second kappa shape index (κ2) is 6.82. The molecule has 2 nitrogen and oxygen atoms in total. The standard InChI is InChI=1S/C17H21NOS/c1-12-9-10-15(17(19-3)13(12)2)16(18)11-20-14-7-5-4-6-8-14/h4-10,16H,11,18H2,1-3H3. The van der Waals surface area contributed by atoms with Crippen LogP contribution in [0.2, 0.25) is 0 Å². The average Bonchev–Trinajstić information content (AvgIpc) is 2.48. The summed E-state index contributed by atoms with van der Waals surface area (Å²) < 4.78 is 5.54. The second-order valence-electron chi connectivity index (χ2n) is 4.86. The van der Waals surface area contributed by atoms with Crippen LogP contribution >= 0.6 is 11.8 Å². The Morgan fingerprint density at radius 1 is 1.10 bits per heavy atom. The maximum atomic E-state index is 6.34. The van der Waals surface area contributed by atoms with E-state index in [1.807, 2.05) is 18.2 Å². The molecule has 2 rings (SSSR count). The fourth-order valence-corrected chi connectivity index (χ4v) is 3.07. The van der Waals surface area contributed by atoms with E-state index >= 15 is 0 Å². The first-order valence-electron chi connectivity index (χ1n) is 6.71. The van der Waals surface area contributed by atoms with Gasteiger partial charge in [-0.2, -0.15) is 0 Å². The monoisotopic (exact) mass is 287 g/mol. The van der Waals surface area contributed by atoms with Gasteiger partial charge in [-0.25, -0.2) is 0 Å². The number of hydrogen-bond acceptors (Lipinski definition) is 3. The van der Waals surface area contributed by atoms with Gasteiger partial charge in [-0.3, -0.25) is 0 Å². The number of aryl methyl sites for hydroxylation is 1. The van der Waals surface area contributed by atoms with Crippen molar-refractivity contribution in [2.75, 3.05) is 12.9 Å². The summed E-state index contributed by atoms with van der Waals surface area (Å²) in [7, 11) is 1.71. The van der Waals surface area contributed by atoms with Crippen LogP contribution < -0.4 is 10.5 Å². The minimum atomic E-state index is -0.0329. The molecule has 106 valence electrons. The maximum absolute atomic E-state index is 6.34. The van der Waals surface area contributed by atoms with Gasteiger partial charge in [0.2, 0.25) is 0 Å². The normalized spacial score (nSPS) is 12.2. The van der Waals surface area contributed by atoms with Crippen molar-refractivity contribution in [1.29, 1.82) is 0 Å². The predicted octanol–water partition coefficient (Wildman–Crippen LogP) is 4.10. The van der Waals surface area contributed by atoms with Crippen molar-refractivity contribution in [3.63, 3.8) is 0 Å². The van der Waals surface area contributed by atoms with Crippen LogP contribution in [0.4, 0.5) is 0 Å². The van der Waals surface area contributed by atoms with Crippen LogP contribution in [0.25, 0.3) is 0 Å². The van der Waals surface area contributed by atoms with E-state index in [1.165, 1.54) is 16.0 Å². The summed E-state index contributed by atoms with van der Waals surface area (Å²) in [6.45, 7) is 4.17. The molecular formula is C17H21NOS. The average molecular weight is 287 g/mol. The van der Waals surface area contributed by atoms with Gasteiger partial charge in [-0.1, -0.05) is 30.3 Å². The minimum absolute atomic E-state index is 0.0329. The minimum Gasteiger partial charge on any atom is -0.496 e. The molecule has 1 atom stereocenters. The lowest BCUT2D eigenvalue weighted by Gasteiger charge is -2.18. The Hall–Kier alpha value is -1.45. The van der Waals surface area contributed by atoms with Crippen molar-refractivity contribution in [2.45, 2.75) is 24.8 Å². The molecule has 2 aromatic carbocycles. The maximum Gasteiger partial charge on any atom is 0.126 e. The van der Waals surface area contributed by atoms with Gasteiger partial charge >= 0.3 is 0 Å².